The molecule has 3 heteroatoms. The largest absolute Gasteiger partial charge is 0.366 e. The highest BCUT2D eigenvalue weighted by Crippen LogP contribution is 2.45. The second-order valence-electron chi connectivity index (χ2n) is 6.69. The Balaban J connectivity index is 1.65. The van der Waals surface area contributed by atoms with Gasteiger partial charge in [-0.15, -0.1) is 0 Å². The summed E-state index contributed by atoms with van der Waals surface area (Å²) >= 11 is 0. The molecular weight excluding hydrogens is 270 g/mol. The third-order valence-corrected chi connectivity index (χ3v) is 5.19. The van der Waals surface area contributed by atoms with Gasteiger partial charge in [0, 0.05) is 17.8 Å². The van der Waals surface area contributed by atoms with Crippen LogP contribution >= 0.6 is 0 Å². The van der Waals surface area contributed by atoms with Gasteiger partial charge in [0.1, 0.15) is 5.84 Å². The van der Waals surface area contributed by atoms with Crippen molar-refractivity contribution in [1.29, 1.82) is 0 Å². The Morgan fingerprint density at radius 2 is 1.82 bits per heavy atom. The minimum absolute atomic E-state index is 0.238. The first-order valence-electron chi connectivity index (χ1n) is 8.37. The minimum atomic E-state index is 0.238. The lowest BCUT2D eigenvalue weighted by Crippen LogP contribution is -2.43. The third-order valence-electron chi connectivity index (χ3n) is 5.19. The Hall–Kier alpha value is -2.03. The number of nitrogens with one attached hydrogen (secondary N) is 2. The van der Waals surface area contributed by atoms with E-state index < -0.39 is 0 Å². The predicted molar refractivity (Wildman–Crippen MR) is 91.2 cm³/mol. The van der Waals surface area contributed by atoms with Gasteiger partial charge in [-0.25, -0.2) is 0 Å². The zero-order valence-corrected chi connectivity index (χ0v) is 12.9. The number of fused-ring (bicyclic) bond motifs is 1. The molecule has 0 saturated heterocycles. The number of anilines is 1. The Kier molecular flexibility index (Phi) is 3.49. The van der Waals surface area contributed by atoms with Gasteiger partial charge in [-0.05, 0) is 30.4 Å². The van der Waals surface area contributed by atoms with Crippen LogP contribution in [0, 0.1) is 5.41 Å². The predicted octanol–water partition coefficient (Wildman–Crippen LogP) is 4.53. The molecule has 2 aliphatic rings. The van der Waals surface area contributed by atoms with E-state index in [9.17, 15) is 0 Å². The van der Waals surface area contributed by atoms with Crippen molar-refractivity contribution in [2.45, 2.75) is 45.1 Å². The molecule has 3 nitrogen and oxygen atoms in total. The van der Waals surface area contributed by atoms with Gasteiger partial charge in [-0.2, -0.15) is 0 Å². The van der Waals surface area contributed by atoms with Crippen molar-refractivity contribution in [2.24, 2.45) is 10.4 Å². The van der Waals surface area contributed by atoms with Gasteiger partial charge in [0.25, 0.3) is 0 Å². The summed E-state index contributed by atoms with van der Waals surface area (Å²) in [6.07, 6.45) is 11.9. The molecule has 0 amide bonds. The molecule has 1 aromatic heterocycles. The van der Waals surface area contributed by atoms with Crippen molar-refractivity contribution in [3.8, 4) is 0 Å². The van der Waals surface area contributed by atoms with E-state index in [1.807, 2.05) is 0 Å². The molecule has 0 radical (unpaired) electrons. The van der Waals surface area contributed by atoms with Crippen LogP contribution in [0.25, 0.3) is 0 Å². The summed E-state index contributed by atoms with van der Waals surface area (Å²) in [5.41, 5.74) is 4.15. The smallest absolute Gasteiger partial charge is 0.108 e. The summed E-state index contributed by atoms with van der Waals surface area (Å²) in [6, 6.07) is 10.5. The van der Waals surface area contributed by atoms with E-state index in [1.54, 1.807) is 0 Å². The van der Waals surface area contributed by atoms with Crippen molar-refractivity contribution in [1.82, 2.24) is 4.98 Å². The number of rotatable bonds is 2. The summed E-state index contributed by atoms with van der Waals surface area (Å²) < 4.78 is 0. The molecule has 0 unspecified atom stereocenters. The average molecular weight is 293 g/mol. The van der Waals surface area contributed by atoms with Gasteiger partial charge in [0.2, 0.25) is 0 Å². The Morgan fingerprint density at radius 3 is 2.64 bits per heavy atom. The quantitative estimate of drug-likeness (QED) is 0.839. The highest BCUT2D eigenvalue weighted by molar-refractivity contribution is 6.02. The summed E-state index contributed by atoms with van der Waals surface area (Å²) in [5, 5.41) is 3.63. The Bertz CT molecular complexity index is 663. The number of hydrogen-bond donors (Lipinski definition) is 2. The van der Waals surface area contributed by atoms with E-state index in [0.29, 0.717) is 0 Å². The second-order valence-corrected chi connectivity index (χ2v) is 6.69. The number of benzene rings is 1. The number of aromatic nitrogens is 1. The molecule has 0 atom stereocenters. The van der Waals surface area contributed by atoms with Gasteiger partial charge >= 0.3 is 0 Å². The normalized spacial score (nSPS) is 21.5. The van der Waals surface area contributed by atoms with E-state index in [-0.39, 0.29) is 5.41 Å². The molecule has 1 aliphatic heterocycles. The van der Waals surface area contributed by atoms with Crippen molar-refractivity contribution in [3.63, 3.8) is 0 Å². The van der Waals surface area contributed by atoms with Gasteiger partial charge in [-0.3, -0.25) is 4.99 Å². The van der Waals surface area contributed by atoms with Crippen LogP contribution in [0.1, 0.15) is 43.2 Å². The van der Waals surface area contributed by atoms with E-state index >= 15 is 0 Å². The first-order valence-corrected chi connectivity index (χ1v) is 8.37. The van der Waals surface area contributed by atoms with Gasteiger partial charge < -0.3 is 10.3 Å². The molecule has 1 spiro atoms. The van der Waals surface area contributed by atoms with Crippen molar-refractivity contribution in [3.05, 3.63) is 53.9 Å². The average Bonchev–Trinajstić information content (AvgIpc) is 3.01. The highest BCUT2D eigenvalue weighted by atomic mass is 15.0. The van der Waals surface area contributed by atoms with E-state index in [0.717, 1.165) is 13.0 Å². The van der Waals surface area contributed by atoms with Gasteiger partial charge in [0.15, 0.2) is 0 Å². The maximum absolute atomic E-state index is 5.00. The van der Waals surface area contributed by atoms with Crippen LogP contribution in [-0.4, -0.2) is 10.8 Å². The third kappa shape index (κ3) is 2.45. The number of amidine groups is 1. The summed E-state index contributed by atoms with van der Waals surface area (Å²) in [6.45, 7) is 0.769. The first-order chi connectivity index (χ1) is 10.9. The van der Waals surface area contributed by atoms with Crippen LogP contribution in [0.3, 0.4) is 0 Å². The van der Waals surface area contributed by atoms with Crippen LogP contribution in [0.5, 0.6) is 0 Å². The lowest BCUT2D eigenvalue weighted by atomic mass is 9.68. The standard InChI is InChI=1S/C19H23N3/c1-3-7-15(8-4-1)12-21-18-19(9-5-2-6-10-19)11-16-13-20-14-17(16)22-18/h1,3-4,7-8,13-14,20H,2,5-6,9-12H2,(H,21,22). The van der Waals surface area contributed by atoms with E-state index in [4.69, 9.17) is 4.99 Å². The zero-order valence-electron chi connectivity index (χ0n) is 12.9. The molecular formula is C19H23N3. The number of nitrogens with zero attached hydrogens (tertiary/aromatic N) is 1. The fraction of sp³-hybridized carbons (Fsp3) is 0.421. The molecule has 2 heterocycles. The van der Waals surface area contributed by atoms with Crippen molar-refractivity contribution >= 4 is 11.5 Å². The molecule has 1 aromatic carbocycles. The first kappa shape index (κ1) is 13.6. The summed E-state index contributed by atoms with van der Waals surface area (Å²) in [4.78, 5) is 8.24. The van der Waals surface area contributed by atoms with Crippen LogP contribution in [0.4, 0.5) is 5.69 Å². The maximum atomic E-state index is 5.00. The van der Waals surface area contributed by atoms with Crippen LogP contribution in [0.2, 0.25) is 0 Å². The van der Waals surface area contributed by atoms with Crippen molar-refractivity contribution < 1.29 is 0 Å². The molecule has 2 N–H and O–H groups in total. The summed E-state index contributed by atoms with van der Waals surface area (Å²) in [7, 11) is 0. The van der Waals surface area contributed by atoms with Gasteiger partial charge in [0.05, 0.1) is 12.2 Å². The fourth-order valence-corrected chi connectivity index (χ4v) is 3.97. The van der Waals surface area contributed by atoms with Crippen LogP contribution in [-0.2, 0) is 13.0 Å². The number of aromatic amines is 1. The highest BCUT2D eigenvalue weighted by Gasteiger charge is 2.41. The fourth-order valence-electron chi connectivity index (χ4n) is 3.97. The van der Waals surface area contributed by atoms with Crippen molar-refractivity contribution in [2.75, 3.05) is 5.32 Å². The Morgan fingerprint density at radius 1 is 1.00 bits per heavy atom. The summed E-state index contributed by atoms with van der Waals surface area (Å²) in [5.74, 6) is 1.21. The molecule has 4 rings (SSSR count). The van der Waals surface area contributed by atoms with E-state index in [1.165, 1.54) is 54.8 Å². The topological polar surface area (TPSA) is 40.2 Å². The minimum Gasteiger partial charge on any atom is -0.366 e. The lowest BCUT2D eigenvalue weighted by molar-refractivity contribution is 0.278. The SMILES string of the molecule is c1ccc(CN=C2Nc3c[nH]cc3CC23CCCCC3)cc1. The zero-order chi connectivity index (χ0) is 14.8. The molecule has 1 saturated carbocycles. The lowest BCUT2D eigenvalue weighted by Gasteiger charge is -2.41. The van der Waals surface area contributed by atoms with E-state index in [2.05, 4.69) is 53.0 Å². The number of H-pyrrole nitrogens is 1. The number of aliphatic imine (C=N–C) groups is 1. The molecule has 1 aliphatic carbocycles. The Labute approximate surface area is 131 Å². The molecule has 0 bridgehead atoms. The number of hydrogen-bond acceptors (Lipinski definition) is 1. The monoisotopic (exact) mass is 293 g/mol. The maximum Gasteiger partial charge on any atom is 0.108 e. The van der Waals surface area contributed by atoms with Gasteiger partial charge in [-0.1, -0.05) is 49.6 Å². The molecule has 22 heavy (non-hydrogen) atoms. The van der Waals surface area contributed by atoms with Crippen LogP contribution < -0.4 is 5.32 Å². The second kappa shape index (κ2) is 5.64. The molecule has 2 aromatic rings. The van der Waals surface area contributed by atoms with Crippen LogP contribution in [0.15, 0.2) is 47.7 Å². The molecule has 114 valence electrons. The molecule has 1 fully saturated rings.